The van der Waals surface area contributed by atoms with Gasteiger partial charge in [0.1, 0.15) is 0 Å². The SMILES string of the molecule is CCNC(=NCC1CCOC1c1ccccc1)NC(C)C.I. The third-order valence-electron chi connectivity index (χ3n) is 3.60. The second kappa shape index (κ2) is 10.0. The number of hydrogen-bond donors (Lipinski definition) is 2. The highest BCUT2D eigenvalue weighted by Crippen LogP contribution is 2.34. The first kappa shape index (κ1) is 19.2. The maximum atomic E-state index is 5.91. The Bertz CT molecular complexity index is 450. The van der Waals surface area contributed by atoms with E-state index in [-0.39, 0.29) is 30.1 Å². The lowest BCUT2D eigenvalue weighted by Crippen LogP contribution is -2.41. The van der Waals surface area contributed by atoms with E-state index >= 15 is 0 Å². The van der Waals surface area contributed by atoms with Crippen molar-refractivity contribution in [1.29, 1.82) is 0 Å². The van der Waals surface area contributed by atoms with Crippen molar-refractivity contribution in [3.63, 3.8) is 0 Å². The highest BCUT2D eigenvalue weighted by molar-refractivity contribution is 14.0. The van der Waals surface area contributed by atoms with Gasteiger partial charge in [0.05, 0.1) is 6.10 Å². The predicted octanol–water partition coefficient (Wildman–Crippen LogP) is 3.35. The summed E-state index contributed by atoms with van der Waals surface area (Å²) in [6.07, 6.45) is 1.25. The van der Waals surface area contributed by atoms with E-state index < -0.39 is 0 Å². The molecular formula is C17H28IN3O. The molecule has 2 unspecified atom stereocenters. The van der Waals surface area contributed by atoms with Crippen molar-refractivity contribution in [2.24, 2.45) is 10.9 Å². The topological polar surface area (TPSA) is 45.7 Å². The molecule has 4 nitrogen and oxygen atoms in total. The van der Waals surface area contributed by atoms with Crippen molar-refractivity contribution in [1.82, 2.24) is 10.6 Å². The molecule has 1 fully saturated rings. The summed E-state index contributed by atoms with van der Waals surface area (Å²) >= 11 is 0. The van der Waals surface area contributed by atoms with Crippen molar-refractivity contribution >= 4 is 29.9 Å². The number of aliphatic imine (C=N–C) groups is 1. The van der Waals surface area contributed by atoms with Gasteiger partial charge in [-0.15, -0.1) is 24.0 Å². The van der Waals surface area contributed by atoms with Crippen LogP contribution < -0.4 is 10.6 Å². The Balaban J connectivity index is 0.00000242. The predicted molar refractivity (Wildman–Crippen MR) is 103 cm³/mol. The minimum atomic E-state index is 0. The van der Waals surface area contributed by atoms with Gasteiger partial charge in [-0.1, -0.05) is 30.3 Å². The highest BCUT2D eigenvalue weighted by Gasteiger charge is 2.29. The van der Waals surface area contributed by atoms with E-state index in [0.717, 1.165) is 32.1 Å². The Morgan fingerprint density at radius 3 is 2.68 bits per heavy atom. The van der Waals surface area contributed by atoms with Crippen LogP contribution in [0.4, 0.5) is 0 Å². The molecule has 1 aromatic rings. The number of rotatable bonds is 5. The maximum Gasteiger partial charge on any atom is 0.191 e. The second-order valence-electron chi connectivity index (χ2n) is 5.77. The molecule has 2 atom stereocenters. The minimum absolute atomic E-state index is 0. The van der Waals surface area contributed by atoms with Crippen LogP contribution in [0, 0.1) is 5.92 Å². The van der Waals surface area contributed by atoms with E-state index in [1.54, 1.807) is 0 Å². The third kappa shape index (κ3) is 5.76. The zero-order valence-electron chi connectivity index (χ0n) is 13.7. The Morgan fingerprint density at radius 1 is 1.32 bits per heavy atom. The van der Waals surface area contributed by atoms with Crippen molar-refractivity contribution in [3.05, 3.63) is 35.9 Å². The van der Waals surface area contributed by atoms with Crippen LogP contribution in [-0.2, 0) is 4.74 Å². The first-order chi connectivity index (χ1) is 10.2. The Hall–Kier alpha value is -0.820. The summed E-state index contributed by atoms with van der Waals surface area (Å²) in [4.78, 5) is 4.73. The lowest BCUT2D eigenvalue weighted by atomic mass is 9.95. The Labute approximate surface area is 151 Å². The molecule has 0 spiro atoms. The van der Waals surface area contributed by atoms with Gasteiger partial charge in [-0.25, -0.2) is 0 Å². The first-order valence-corrected chi connectivity index (χ1v) is 7.92. The average molecular weight is 417 g/mol. The summed E-state index contributed by atoms with van der Waals surface area (Å²) in [5.41, 5.74) is 1.26. The zero-order chi connectivity index (χ0) is 15.1. The Kier molecular flexibility index (Phi) is 8.78. The molecule has 0 saturated carbocycles. The van der Waals surface area contributed by atoms with Gasteiger partial charge in [-0.3, -0.25) is 4.99 Å². The molecular weight excluding hydrogens is 389 g/mol. The number of halogens is 1. The summed E-state index contributed by atoms with van der Waals surface area (Å²) in [5.74, 6) is 1.35. The number of hydrogen-bond acceptors (Lipinski definition) is 2. The molecule has 22 heavy (non-hydrogen) atoms. The fraction of sp³-hybridized carbons (Fsp3) is 0.588. The molecule has 1 heterocycles. The molecule has 2 N–H and O–H groups in total. The molecule has 1 aromatic carbocycles. The lowest BCUT2D eigenvalue weighted by Gasteiger charge is -2.19. The molecule has 124 valence electrons. The lowest BCUT2D eigenvalue weighted by molar-refractivity contribution is 0.0925. The van der Waals surface area contributed by atoms with Crippen LogP contribution in [0.1, 0.15) is 38.9 Å². The number of ether oxygens (including phenoxy) is 1. The van der Waals surface area contributed by atoms with Crippen LogP contribution in [0.2, 0.25) is 0 Å². The molecule has 1 aliphatic heterocycles. The first-order valence-electron chi connectivity index (χ1n) is 7.92. The van der Waals surface area contributed by atoms with Crippen LogP contribution in [0.5, 0.6) is 0 Å². The van der Waals surface area contributed by atoms with E-state index in [1.165, 1.54) is 5.56 Å². The van der Waals surface area contributed by atoms with Crippen molar-refractivity contribution in [2.75, 3.05) is 19.7 Å². The summed E-state index contributed by atoms with van der Waals surface area (Å²) in [5, 5.41) is 6.65. The van der Waals surface area contributed by atoms with Gasteiger partial charge >= 0.3 is 0 Å². The number of nitrogens with one attached hydrogen (secondary N) is 2. The minimum Gasteiger partial charge on any atom is -0.373 e. The van der Waals surface area contributed by atoms with Gasteiger partial charge in [0.15, 0.2) is 5.96 Å². The quantitative estimate of drug-likeness (QED) is 0.439. The fourth-order valence-corrected chi connectivity index (χ4v) is 2.63. The van der Waals surface area contributed by atoms with Gasteiger partial charge in [0.25, 0.3) is 0 Å². The van der Waals surface area contributed by atoms with Crippen LogP contribution in [0.3, 0.4) is 0 Å². The van der Waals surface area contributed by atoms with Crippen molar-refractivity contribution in [3.8, 4) is 0 Å². The Morgan fingerprint density at radius 2 is 2.05 bits per heavy atom. The standard InChI is InChI=1S/C17H27N3O.HI/c1-4-18-17(20-13(2)3)19-12-15-10-11-21-16(15)14-8-6-5-7-9-14;/h5-9,13,15-16H,4,10-12H2,1-3H3,(H2,18,19,20);1H. The number of guanidine groups is 1. The van der Waals surface area contributed by atoms with Crippen molar-refractivity contribution in [2.45, 2.75) is 39.3 Å². The number of nitrogens with zero attached hydrogens (tertiary/aromatic N) is 1. The molecule has 0 amide bonds. The molecule has 0 bridgehead atoms. The average Bonchev–Trinajstić information content (AvgIpc) is 2.94. The van der Waals surface area contributed by atoms with Gasteiger partial charge < -0.3 is 15.4 Å². The highest BCUT2D eigenvalue weighted by atomic mass is 127. The van der Waals surface area contributed by atoms with Crippen LogP contribution in [0.15, 0.2) is 35.3 Å². The molecule has 5 heteroatoms. The summed E-state index contributed by atoms with van der Waals surface area (Å²) in [7, 11) is 0. The zero-order valence-corrected chi connectivity index (χ0v) is 16.0. The van der Waals surface area contributed by atoms with E-state index in [2.05, 4.69) is 55.7 Å². The molecule has 0 aliphatic carbocycles. The maximum absolute atomic E-state index is 5.91. The van der Waals surface area contributed by atoms with E-state index in [0.29, 0.717) is 12.0 Å². The van der Waals surface area contributed by atoms with E-state index in [4.69, 9.17) is 9.73 Å². The molecule has 2 rings (SSSR count). The third-order valence-corrected chi connectivity index (χ3v) is 3.60. The van der Waals surface area contributed by atoms with Crippen LogP contribution in [-0.4, -0.2) is 31.7 Å². The van der Waals surface area contributed by atoms with E-state index in [9.17, 15) is 0 Å². The van der Waals surface area contributed by atoms with Crippen molar-refractivity contribution < 1.29 is 4.74 Å². The molecule has 1 aliphatic rings. The second-order valence-corrected chi connectivity index (χ2v) is 5.77. The van der Waals surface area contributed by atoms with Gasteiger partial charge in [0, 0.05) is 31.7 Å². The van der Waals surface area contributed by atoms with Gasteiger partial charge in [0.2, 0.25) is 0 Å². The number of benzene rings is 1. The van der Waals surface area contributed by atoms with E-state index in [1.807, 2.05) is 6.07 Å². The molecule has 0 aromatic heterocycles. The smallest absolute Gasteiger partial charge is 0.191 e. The fourth-order valence-electron chi connectivity index (χ4n) is 2.63. The summed E-state index contributed by atoms with van der Waals surface area (Å²) in [6, 6.07) is 10.9. The van der Waals surface area contributed by atoms with Crippen LogP contribution >= 0.6 is 24.0 Å². The van der Waals surface area contributed by atoms with Gasteiger partial charge in [-0.05, 0) is 32.8 Å². The summed E-state index contributed by atoms with van der Waals surface area (Å²) < 4.78 is 5.91. The van der Waals surface area contributed by atoms with Gasteiger partial charge in [-0.2, -0.15) is 0 Å². The monoisotopic (exact) mass is 417 g/mol. The van der Waals surface area contributed by atoms with Crippen LogP contribution in [0.25, 0.3) is 0 Å². The molecule has 1 saturated heterocycles. The normalized spacial score (nSPS) is 21.5. The molecule has 0 radical (unpaired) electrons. The summed E-state index contributed by atoms with van der Waals surface area (Å²) in [6.45, 7) is 8.83. The largest absolute Gasteiger partial charge is 0.373 e.